The Morgan fingerprint density at radius 1 is 1.18 bits per heavy atom. The van der Waals surface area contributed by atoms with E-state index in [2.05, 4.69) is 6.92 Å². The maximum atomic E-state index is 12.6. The van der Waals surface area contributed by atoms with Crippen LogP contribution in [0.25, 0.3) is 0 Å². The second-order valence-corrected chi connectivity index (χ2v) is 2.18. The molecule has 3 heteroatoms. The highest BCUT2D eigenvalue weighted by Gasteiger charge is 2.27. The van der Waals surface area contributed by atoms with Crippen molar-refractivity contribution in [3.8, 4) is 0 Å². The first-order valence-electron chi connectivity index (χ1n) is 3.00. The lowest BCUT2D eigenvalue weighted by Crippen LogP contribution is -2.09. The normalized spacial score (nSPS) is 11.6. The summed E-state index contributed by atoms with van der Waals surface area (Å²) in [7, 11) is 0. The van der Waals surface area contributed by atoms with Gasteiger partial charge in [-0.3, -0.25) is 0 Å². The van der Waals surface area contributed by atoms with Gasteiger partial charge in [0.15, 0.2) is 0 Å². The maximum absolute atomic E-state index is 12.6. The lowest BCUT2D eigenvalue weighted by Gasteiger charge is -2.09. The van der Waals surface area contributed by atoms with Gasteiger partial charge in [0.1, 0.15) is 5.82 Å². The molecule has 0 fully saturated rings. The first-order chi connectivity index (χ1) is 5.02. The second kappa shape index (κ2) is 2.57. The lowest BCUT2D eigenvalue weighted by molar-refractivity contribution is 0.0446. The topological polar surface area (TPSA) is 0 Å². The highest BCUT2D eigenvalue weighted by molar-refractivity contribution is 5.22. The molecule has 0 unspecified atom stereocenters. The van der Waals surface area contributed by atoms with Crippen molar-refractivity contribution in [2.24, 2.45) is 0 Å². The van der Waals surface area contributed by atoms with Crippen LogP contribution in [0.15, 0.2) is 24.3 Å². The van der Waals surface area contributed by atoms with E-state index >= 15 is 0 Å². The van der Waals surface area contributed by atoms with Gasteiger partial charge in [0.25, 0.3) is 5.92 Å². The van der Waals surface area contributed by atoms with Crippen LogP contribution < -0.4 is 0 Å². The first-order valence-corrected chi connectivity index (χ1v) is 3.00. The summed E-state index contributed by atoms with van der Waals surface area (Å²) in [6.45, 7) is 2.53. The van der Waals surface area contributed by atoms with Gasteiger partial charge in [0.2, 0.25) is 0 Å². The average Bonchev–Trinajstić information content (AvgIpc) is 1.86. The van der Waals surface area contributed by atoms with E-state index in [1.54, 1.807) is 0 Å². The molecule has 0 aliphatic heterocycles. The van der Waals surface area contributed by atoms with Gasteiger partial charge < -0.3 is 0 Å². The summed E-state index contributed by atoms with van der Waals surface area (Å²) in [6.07, 6.45) is 0. The third-order valence-electron chi connectivity index (χ3n) is 1.27. The fourth-order valence-corrected chi connectivity index (χ4v) is 0.758. The fraction of sp³-hybridized carbons (Fsp3) is 0.125. The zero-order chi connectivity index (χ0) is 8.48. The minimum absolute atomic E-state index is 0.667. The predicted octanol–water partition coefficient (Wildman–Crippen LogP) is 2.75. The van der Waals surface area contributed by atoms with Gasteiger partial charge in [-0.15, -0.1) is 0 Å². The van der Waals surface area contributed by atoms with Crippen LogP contribution in [0.2, 0.25) is 0 Å². The highest BCUT2D eigenvalue weighted by Crippen LogP contribution is 2.27. The Labute approximate surface area is 62.7 Å². The Hall–Kier alpha value is -0.990. The third kappa shape index (κ3) is 1.73. The molecule has 0 N–H and O–H groups in total. The van der Waals surface area contributed by atoms with E-state index in [0.29, 0.717) is 0 Å². The van der Waals surface area contributed by atoms with E-state index in [0.717, 1.165) is 12.1 Å². The largest absolute Gasteiger partial charge is 0.276 e. The molecule has 1 radical (unpaired) electrons. The molecule has 0 aliphatic rings. The van der Waals surface area contributed by atoms with Gasteiger partial charge in [-0.1, -0.05) is 18.2 Å². The van der Waals surface area contributed by atoms with Gasteiger partial charge in [-0.25, -0.2) is 13.2 Å². The molecule has 0 saturated heterocycles. The molecule has 0 amide bonds. The number of rotatable bonds is 1. The molecule has 0 heterocycles. The Balaban J connectivity index is 3.14. The summed E-state index contributed by atoms with van der Waals surface area (Å²) in [4.78, 5) is 0. The summed E-state index contributed by atoms with van der Waals surface area (Å²) in [6, 6.07) is 4.69. The summed E-state index contributed by atoms with van der Waals surface area (Å²) in [5.41, 5.74) is -0.667. The zero-order valence-electron chi connectivity index (χ0n) is 5.65. The molecule has 0 atom stereocenters. The van der Waals surface area contributed by atoms with Crippen molar-refractivity contribution in [3.05, 3.63) is 42.6 Å². The van der Waals surface area contributed by atoms with Gasteiger partial charge in [0, 0.05) is 6.92 Å². The number of hydrogen-bond donors (Lipinski definition) is 0. The van der Waals surface area contributed by atoms with Crippen LogP contribution in [-0.4, -0.2) is 0 Å². The van der Waals surface area contributed by atoms with Gasteiger partial charge >= 0.3 is 0 Å². The Kier molecular flexibility index (Phi) is 1.89. The minimum Gasteiger partial charge on any atom is -0.206 e. The van der Waals surface area contributed by atoms with Gasteiger partial charge in [0.05, 0.1) is 5.56 Å². The smallest absolute Gasteiger partial charge is 0.206 e. The summed E-state index contributed by atoms with van der Waals surface area (Å²) in [5.74, 6) is -4.27. The molecule has 1 rings (SSSR count). The molecule has 0 saturated carbocycles. The molecule has 1 aromatic carbocycles. The standard InChI is InChI=1S/C8H6F3/c1-8(10,11)6-4-2-3-5-7(6)9/h2-5H,1H2. The molecule has 0 aromatic heterocycles. The van der Waals surface area contributed by atoms with E-state index in [-0.39, 0.29) is 0 Å². The van der Waals surface area contributed by atoms with Gasteiger partial charge in [-0.2, -0.15) is 0 Å². The molecule has 59 valence electrons. The number of hydrogen-bond acceptors (Lipinski definition) is 0. The van der Waals surface area contributed by atoms with E-state index in [9.17, 15) is 13.2 Å². The van der Waals surface area contributed by atoms with E-state index in [1.807, 2.05) is 0 Å². The van der Waals surface area contributed by atoms with Crippen LogP contribution in [0.4, 0.5) is 13.2 Å². The molecular formula is C8H6F3. The maximum Gasteiger partial charge on any atom is 0.276 e. The Bertz CT molecular complexity index is 250. The summed E-state index contributed by atoms with van der Waals surface area (Å²) in [5, 5.41) is 0. The van der Waals surface area contributed by atoms with Crippen LogP contribution in [0.3, 0.4) is 0 Å². The van der Waals surface area contributed by atoms with Crippen molar-refractivity contribution >= 4 is 0 Å². The molecule has 0 aliphatic carbocycles. The SMILES string of the molecule is [CH2]C(F)(F)c1ccccc1F. The molecule has 0 nitrogen and oxygen atoms in total. The Morgan fingerprint density at radius 3 is 2.09 bits per heavy atom. The third-order valence-corrected chi connectivity index (χ3v) is 1.27. The first kappa shape index (κ1) is 8.11. The average molecular weight is 159 g/mol. The minimum atomic E-state index is -3.34. The van der Waals surface area contributed by atoms with Crippen LogP contribution >= 0.6 is 0 Å². The molecular weight excluding hydrogens is 153 g/mol. The molecule has 1 aromatic rings. The van der Waals surface area contributed by atoms with Crippen molar-refractivity contribution in [2.75, 3.05) is 0 Å². The molecule has 11 heavy (non-hydrogen) atoms. The van der Waals surface area contributed by atoms with E-state index in [4.69, 9.17) is 0 Å². The van der Waals surface area contributed by atoms with Crippen LogP contribution in [0.1, 0.15) is 5.56 Å². The van der Waals surface area contributed by atoms with E-state index < -0.39 is 17.3 Å². The van der Waals surface area contributed by atoms with Crippen molar-refractivity contribution in [1.29, 1.82) is 0 Å². The molecule has 0 spiro atoms. The number of alkyl halides is 2. The van der Waals surface area contributed by atoms with Crippen molar-refractivity contribution < 1.29 is 13.2 Å². The predicted molar refractivity (Wildman–Crippen MR) is 35.7 cm³/mol. The zero-order valence-corrected chi connectivity index (χ0v) is 5.65. The van der Waals surface area contributed by atoms with E-state index in [1.165, 1.54) is 12.1 Å². The van der Waals surface area contributed by atoms with Crippen molar-refractivity contribution in [1.82, 2.24) is 0 Å². The van der Waals surface area contributed by atoms with Crippen LogP contribution in [0, 0.1) is 12.7 Å². The summed E-state index contributed by atoms with van der Waals surface area (Å²) < 4.78 is 37.3. The summed E-state index contributed by atoms with van der Waals surface area (Å²) >= 11 is 0. The number of halogens is 3. The fourth-order valence-electron chi connectivity index (χ4n) is 0.758. The van der Waals surface area contributed by atoms with Crippen molar-refractivity contribution in [2.45, 2.75) is 5.92 Å². The molecule has 0 bridgehead atoms. The quantitative estimate of drug-likeness (QED) is 0.591. The van der Waals surface area contributed by atoms with Gasteiger partial charge in [-0.05, 0) is 6.07 Å². The number of benzene rings is 1. The monoisotopic (exact) mass is 159 g/mol. The van der Waals surface area contributed by atoms with Crippen molar-refractivity contribution in [3.63, 3.8) is 0 Å². The highest BCUT2D eigenvalue weighted by atomic mass is 19.3. The Morgan fingerprint density at radius 2 is 1.73 bits per heavy atom. The van der Waals surface area contributed by atoms with Crippen LogP contribution in [-0.2, 0) is 5.92 Å². The van der Waals surface area contributed by atoms with Crippen LogP contribution in [0.5, 0.6) is 0 Å². The lowest BCUT2D eigenvalue weighted by atomic mass is 10.1. The second-order valence-electron chi connectivity index (χ2n) is 2.18.